The van der Waals surface area contributed by atoms with Crippen molar-refractivity contribution in [3.8, 4) is 0 Å². The highest BCUT2D eigenvalue weighted by Crippen LogP contribution is 2.33. The summed E-state index contributed by atoms with van der Waals surface area (Å²) in [4.78, 5) is 6.79. The van der Waals surface area contributed by atoms with Gasteiger partial charge in [-0.05, 0) is 49.7 Å². The number of rotatable bonds is 6. The summed E-state index contributed by atoms with van der Waals surface area (Å²) in [5.41, 5.74) is 1.30. The van der Waals surface area contributed by atoms with E-state index in [0.717, 1.165) is 45.1 Å². The SMILES string of the molecule is c1cncc(CN2CC[C@H]3O[C@@H](COCC4CC4)CC[C@H]32)c1. The summed E-state index contributed by atoms with van der Waals surface area (Å²) in [6.07, 6.45) is 10.8. The molecule has 0 aromatic carbocycles. The predicted molar refractivity (Wildman–Crippen MR) is 84.5 cm³/mol. The molecule has 1 aromatic heterocycles. The molecule has 22 heavy (non-hydrogen) atoms. The van der Waals surface area contributed by atoms with Crippen LogP contribution >= 0.6 is 0 Å². The Kier molecular flexibility index (Phi) is 4.42. The second-order valence-corrected chi connectivity index (χ2v) is 7.04. The molecule has 3 atom stereocenters. The Morgan fingerprint density at radius 3 is 2.95 bits per heavy atom. The Labute approximate surface area is 132 Å². The van der Waals surface area contributed by atoms with Gasteiger partial charge in [-0.2, -0.15) is 0 Å². The van der Waals surface area contributed by atoms with Crippen LogP contribution in [0.2, 0.25) is 0 Å². The summed E-state index contributed by atoms with van der Waals surface area (Å²) in [5.74, 6) is 0.845. The van der Waals surface area contributed by atoms with Crippen LogP contribution in [-0.4, -0.2) is 47.9 Å². The fourth-order valence-electron chi connectivity index (χ4n) is 3.78. The number of nitrogens with zero attached hydrogens (tertiary/aromatic N) is 2. The van der Waals surface area contributed by atoms with E-state index in [2.05, 4.69) is 16.0 Å². The molecule has 2 aliphatic heterocycles. The first kappa shape index (κ1) is 14.6. The van der Waals surface area contributed by atoms with Crippen molar-refractivity contribution in [2.75, 3.05) is 19.8 Å². The van der Waals surface area contributed by atoms with Crippen LogP contribution in [0.4, 0.5) is 0 Å². The van der Waals surface area contributed by atoms with Gasteiger partial charge in [0.15, 0.2) is 0 Å². The van der Waals surface area contributed by atoms with E-state index in [-0.39, 0.29) is 0 Å². The predicted octanol–water partition coefficient (Wildman–Crippen LogP) is 2.63. The molecule has 1 aromatic rings. The molecule has 120 valence electrons. The minimum atomic E-state index is 0.318. The maximum atomic E-state index is 6.30. The van der Waals surface area contributed by atoms with E-state index in [1.165, 1.54) is 24.8 Å². The van der Waals surface area contributed by atoms with Crippen molar-refractivity contribution in [1.29, 1.82) is 0 Å². The molecule has 0 spiro atoms. The van der Waals surface area contributed by atoms with Gasteiger partial charge >= 0.3 is 0 Å². The lowest BCUT2D eigenvalue weighted by molar-refractivity contribution is -0.101. The first-order valence-electron chi connectivity index (χ1n) is 8.74. The third-order valence-electron chi connectivity index (χ3n) is 5.21. The lowest BCUT2D eigenvalue weighted by Crippen LogP contribution is -2.43. The van der Waals surface area contributed by atoms with Crippen molar-refractivity contribution in [3.05, 3.63) is 30.1 Å². The topological polar surface area (TPSA) is 34.6 Å². The minimum Gasteiger partial charge on any atom is -0.378 e. The zero-order valence-electron chi connectivity index (χ0n) is 13.2. The highest BCUT2D eigenvalue weighted by molar-refractivity contribution is 5.09. The van der Waals surface area contributed by atoms with Crippen molar-refractivity contribution >= 4 is 0 Å². The number of hydrogen-bond acceptors (Lipinski definition) is 4. The second kappa shape index (κ2) is 6.65. The van der Waals surface area contributed by atoms with Gasteiger partial charge in [0, 0.05) is 38.1 Å². The molecule has 4 heteroatoms. The Morgan fingerprint density at radius 2 is 2.14 bits per heavy atom. The van der Waals surface area contributed by atoms with Crippen molar-refractivity contribution in [2.45, 2.75) is 56.9 Å². The third-order valence-corrected chi connectivity index (χ3v) is 5.21. The highest BCUT2D eigenvalue weighted by Gasteiger charge is 2.39. The molecule has 4 nitrogen and oxygen atoms in total. The summed E-state index contributed by atoms with van der Waals surface area (Å²) in [5, 5.41) is 0. The Hall–Kier alpha value is -0.970. The summed E-state index contributed by atoms with van der Waals surface area (Å²) >= 11 is 0. The molecule has 1 aliphatic carbocycles. The van der Waals surface area contributed by atoms with Crippen LogP contribution in [-0.2, 0) is 16.0 Å². The summed E-state index contributed by atoms with van der Waals surface area (Å²) in [7, 11) is 0. The quantitative estimate of drug-likeness (QED) is 0.809. The van der Waals surface area contributed by atoms with Crippen molar-refractivity contribution in [2.24, 2.45) is 5.92 Å². The van der Waals surface area contributed by atoms with E-state index in [1.54, 1.807) is 0 Å². The first-order chi connectivity index (χ1) is 10.9. The monoisotopic (exact) mass is 302 g/mol. The number of ether oxygens (including phenoxy) is 2. The van der Waals surface area contributed by atoms with Gasteiger partial charge < -0.3 is 9.47 Å². The van der Waals surface area contributed by atoms with Crippen LogP contribution < -0.4 is 0 Å². The van der Waals surface area contributed by atoms with E-state index in [0.29, 0.717) is 18.2 Å². The maximum absolute atomic E-state index is 6.30. The molecular weight excluding hydrogens is 276 g/mol. The second-order valence-electron chi connectivity index (χ2n) is 7.04. The third kappa shape index (κ3) is 3.50. The Balaban J connectivity index is 1.26. The van der Waals surface area contributed by atoms with Gasteiger partial charge in [0.2, 0.25) is 0 Å². The molecule has 3 heterocycles. The molecule has 2 saturated heterocycles. The average molecular weight is 302 g/mol. The van der Waals surface area contributed by atoms with Crippen LogP contribution in [0.15, 0.2) is 24.5 Å². The average Bonchev–Trinajstić information content (AvgIpc) is 3.29. The fraction of sp³-hybridized carbons (Fsp3) is 0.722. The lowest BCUT2D eigenvalue weighted by Gasteiger charge is -2.36. The number of pyridine rings is 1. The van der Waals surface area contributed by atoms with Gasteiger partial charge in [-0.3, -0.25) is 9.88 Å². The van der Waals surface area contributed by atoms with Crippen molar-refractivity contribution < 1.29 is 9.47 Å². The summed E-state index contributed by atoms with van der Waals surface area (Å²) in [6.45, 7) is 3.88. The highest BCUT2D eigenvalue weighted by atomic mass is 16.5. The van der Waals surface area contributed by atoms with E-state index < -0.39 is 0 Å². The van der Waals surface area contributed by atoms with E-state index >= 15 is 0 Å². The normalized spacial score (nSPS) is 32.1. The van der Waals surface area contributed by atoms with Crippen LogP contribution in [0.1, 0.15) is 37.7 Å². The van der Waals surface area contributed by atoms with Crippen LogP contribution in [0.3, 0.4) is 0 Å². The first-order valence-corrected chi connectivity index (χ1v) is 8.74. The van der Waals surface area contributed by atoms with Gasteiger partial charge in [-0.1, -0.05) is 6.07 Å². The smallest absolute Gasteiger partial charge is 0.0813 e. The molecule has 0 bridgehead atoms. The van der Waals surface area contributed by atoms with Crippen LogP contribution in [0.25, 0.3) is 0 Å². The summed E-state index contributed by atoms with van der Waals surface area (Å²) in [6, 6.07) is 4.77. The van der Waals surface area contributed by atoms with Gasteiger partial charge in [-0.25, -0.2) is 0 Å². The Morgan fingerprint density at radius 1 is 1.18 bits per heavy atom. The number of hydrogen-bond donors (Lipinski definition) is 0. The molecule has 1 saturated carbocycles. The summed E-state index contributed by atoms with van der Waals surface area (Å²) < 4.78 is 12.1. The molecule has 0 unspecified atom stereocenters. The molecule has 0 N–H and O–H groups in total. The largest absolute Gasteiger partial charge is 0.378 e. The zero-order chi connectivity index (χ0) is 14.8. The number of aromatic nitrogens is 1. The van der Waals surface area contributed by atoms with Gasteiger partial charge in [0.25, 0.3) is 0 Å². The minimum absolute atomic E-state index is 0.318. The van der Waals surface area contributed by atoms with Crippen molar-refractivity contribution in [3.63, 3.8) is 0 Å². The standard InChI is InChI=1S/C18H26N2O2/c1-2-15(10-19-8-1)11-20-9-7-18-17(20)6-5-16(22-18)13-21-12-14-3-4-14/h1-2,8,10,14,16-18H,3-7,9,11-13H2/t16-,17-,18-/m1/s1. The molecule has 3 aliphatic rings. The van der Waals surface area contributed by atoms with Crippen LogP contribution in [0.5, 0.6) is 0 Å². The van der Waals surface area contributed by atoms with Crippen molar-refractivity contribution in [1.82, 2.24) is 9.88 Å². The number of likely N-dealkylation sites (tertiary alicyclic amines) is 1. The maximum Gasteiger partial charge on any atom is 0.0813 e. The van der Waals surface area contributed by atoms with Gasteiger partial charge in [-0.15, -0.1) is 0 Å². The van der Waals surface area contributed by atoms with E-state index in [9.17, 15) is 0 Å². The lowest BCUT2D eigenvalue weighted by atomic mass is 9.99. The number of fused-ring (bicyclic) bond motifs is 1. The molecule has 0 radical (unpaired) electrons. The Bertz CT molecular complexity index is 477. The van der Waals surface area contributed by atoms with Gasteiger partial charge in [0.05, 0.1) is 18.8 Å². The fourth-order valence-corrected chi connectivity index (χ4v) is 3.78. The zero-order valence-corrected chi connectivity index (χ0v) is 13.2. The van der Waals surface area contributed by atoms with E-state index in [4.69, 9.17) is 9.47 Å². The molecular formula is C18H26N2O2. The van der Waals surface area contributed by atoms with E-state index in [1.807, 2.05) is 18.5 Å². The van der Waals surface area contributed by atoms with Crippen LogP contribution in [0, 0.1) is 5.92 Å². The van der Waals surface area contributed by atoms with Gasteiger partial charge in [0.1, 0.15) is 0 Å². The molecule has 4 rings (SSSR count). The molecule has 0 amide bonds. The molecule has 3 fully saturated rings.